The number of benzene rings is 1. The summed E-state index contributed by atoms with van der Waals surface area (Å²) in [5, 5.41) is 10.8. The molecule has 0 heterocycles. The fraction of sp³-hybridized carbons (Fsp3) is 0.500. The van der Waals surface area contributed by atoms with E-state index in [2.05, 4.69) is 6.92 Å². The Bertz CT molecular complexity index is 714. The number of allylic oxidation sites excluding steroid dienone is 3. The summed E-state index contributed by atoms with van der Waals surface area (Å²) in [7, 11) is 2.92. The molecule has 0 amide bonds. The molecule has 26 heavy (non-hydrogen) atoms. The molecule has 142 valence electrons. The van der Waals surface area contributed by atoms with Crippen LogP contribution < -0.4 is 4.74 Å². The maximum absolute atomic E-state index is 12.4. The van der Waals surface area contributed by atoms with E-state index in [9.17, 15) is 9.90 Å². The maximum Gasteiger partial charge on any atom is 0.342 e. The van der Waals surface area contributed by atoms with Gasteiger partial charge in [0.25, 0.3) is 0 Å². The van der Waals surface area contributed by atoms with Gasteiger partial charge in [-0.1, -0.05) is 30.2 Å². The highest BCUT2D eigenvalue weighted by Gasteiger charge is 2.23. The Hall–Kier alpha value is -2.23. The van der Waals surface area contributed by atoms with E-state index in [0.717, 1.165) is 37.2 Å². The predicted molar refractivity (Wildman–Crippen MR) is 105 cm³/mol. The van der Waals surface area contributed by atoms with Crippen LogP contribution >= 0.6 is 0 Å². The molecule has 0 aromatic heterocycles. The smallest absolute Gasteiger partial charge is 0.342 e. The lowest BCUT2D eigenvalue weighted by molar-refractivity contribution is 0.0597. The summed E-state index contributed by atoms with van der Waals surface area (Å²) in [5.41, 5.74) is 3.92. The van der Waals surface area contributed by atoms with E-state index in [4.69, 9.17) is 9.47 Å². The molecule has 0 aliphatic heterocycles. The molecule has 0 spiro atoms. The molecule has 1 N–H and O–H groups in total. The molecule has 2 rings (SSSR count). The second-order valence-corrected chi connectivity index (χ2v) is 7.33. The lowest BCUT2D eigenvalue weighted by Crippen LogP contribution is -2.08. The van der Waals surface area contributed by atoms with Crippen molar-refractivity contribution in [3.8, 4) is 11.5 Å². The first-order valence-electron chi connectivity index (χ1n) is 9.21. The van der Waals surface area contributed by atoms with Crippen molar-refractivity contribution in [1.29, 1.82) is 0 Å². The molecule has 0 saturated heterocycles. The largest absolute Gasteiger partial charge is 0.507 e. The first-order valence-corrected chi connectivity index (χ1v) is 9.21. The maximum atomic E-state index is 12.4. The number of aromatic hydroxyl groups is 1. The van der Waals surface area contributed by atoms with Gasteiger partial charge in [-0.3, -0.25) is 0 Å². The van der Waals surface area contributed by atoms with Crippen LogP contribution in [0.1, 0.15) is 67.9 Å². The van der Waals surface area contributed by atoms with E-state index < -0.39 is 5.97 Å². The van der Waals surface area contributed by atoms with E-state index >= 15 is 0 Å². The third-order valence-electron chi connectivity index (χ3n) is 5.00. The van der Waals surface area contributed by atoms with E-state index in [1.54, 1.807) is 7.11 Å². The summed E-state index contributed by atoms with van der Waals surface area (Å²) >= 11 is 0. The lowest BCUT2D eigenvalue weighted by Gasteiger charge is -2.21. The normalized spacial score (nSPS) is 16.8. The minimum atomic E-state index is -0.528. The minimum Gasteiger partial charge on any atom is -0.507 e. The molecular weight excluding hydrogens is 328 g/mol. The molecule has 1 saturated carbocycles. The molecule has 1 aromatic rings. The Kier molecular flexibility index (Phi) is 6.90. The highest BCUT2D eigenvalue weighted by Crippen LogP contribution is 2.38. The van der Waals surface area contributed by atoms with E-state index in [0.29, 0.717) is 23.3 Å². The van der Waals surface area contributed by atoms with Gasteiger partial charge >= 0.3 is 5.97 Å². The fourth-order valence-corrected chi connectivity index (χ4v) is 3.32. The van der Waals surface area contributed by atoms with Crippen molar-refractivity contribution in [3.05, 3.63) is 40.0 Å². The van der Waals surface area contributed by atoms with Gasteiger partial charge in [-0.05, 0) is 63.5 Å². The average Bonchev–Trinajstić information content (AvgIpc) is 2.61. The zero-order valence-corrected chi connectivity index (χ0v) is 16.5. The number of ether oxygens (including phenoxy) is 2. The Morgan fingerprint density at radius 3 is 2.46 bits per heavy atom. The van der Waals surface area contributed by atoms with E-state index in [1.807, 2.05) is 32.1 Å². The van der Waals surface area contributed by atoms with Crippen LogP contribution in [0.25, 0.3) is 6.08 Å². The van der Waals surface area contributed by atoms with Crippen molar-refractivity contribution in [2.45, 2.75) is 52.9 Å². The second kappa shape index (κ2) is 8.93. The van der Waals surface area contributed by atoms with Crippen LogP contribution in [0.15, 0.2) is 23.3 Å². The third kappa shape index (κ3) is 4.69. The number of esters is 1. The van der Waals surface area contributed by atoms with Crippen LogP contribution in [0, 0.1) is 5.92 Å². The van der Waals surface area contributed by atoms with Crippen LogP contribution in [-0.2, 0) is 11.2 Å². The number of rotatable bonds is 5. The molecule has 1 aliphatic carbocycles. The Labute approximate surface area is 156 Å². The van der Waals surface area contributed by atoms with Crippen LogP contribution in [0.3, 0.4) is 0 Å². The number of phenols is 1. The standard InChI is InChI=1S/C22H30O4/c1-14(2)6-11-18-19(25-4)13-17(20(21(18)23)22(24)26-5)12-16-9-7-15(3)8-10-16/h6,12-13,15,23H,7-11H2,1-5H3. The van der Waals surface area contributed by atoms with Crippen molar-refractivity contribution < 1.29 is 19.4 Å². The summed E-state index contributed by atoms with van der Waals surface area (Å²) in [6.07, 6.45) is 8.86. The van der Waals surface area contributed by atoms with Gasteiger partial charge in [-0.25, -0.2) is 4.79 Å². The van der Waals surface area contributed by atoms with Gasteiger partial charge in [0, 0.05) is 5.56 Å². The molecule has 1 aromatic carbocycles. The highest BCUT2D eigenvalue weighted by molar-refractivity contribution is 5.97. The number of phenolic OH excluding ortho intramolecular Hbond substituents is 1. The lowest BCUT2D eigenvalue weighted by atomic mass is 9.85. The minimum absolute atomic E-state index is 0.0512. The van der Waals surface area contributed by atoms with Gasteiger partial charge < -0.3 is 14.6 Å². The van der Waals surface area contributed by atoms with E-state index in [-0.39, 0.29) is 11.3 Å². The Morgan fingerprint density at radius 1 is 1.27 bits per heavy atom. The summed E-state index contributed by atoms with van der Waals surface area (Å²) in [6.45, 7) is 6.25. The van der Waals surface area contributed by atoms with Crippen molar-refractivity contribution >= 4 is 12.0 Å². The molecule has 1 fully saturated rings. The summed E-state index contributed by atoms with van der Waals surface area (Å²) in [6, 6.07) is 1.84. The summed E-state index contributed by atoms with van der Waals surface area (Å²) in [5.74, 6) is 0.745. The molecule has 0 atom stereocenters. The van der Waals surface area contributed by atoms with Crippen LogP contribution in [0.2, 0.25) is 0 Å². The van der Waals surface area contributed by atoms with Gasteiger partial charge in [0.15, 0.2) is 0 Å². The first kappa shape index (κ1) is 20.1. The topological polar surface area (TPSA) is 55.8 Å². The van der Waals surface area contributed by atoms with Crippen LogP contribution in [0.4, 0.5) is 0 Å². The van der Waals surface area contributed by atoms with E-state index in [1.165, 1.54) is 12.7 Å². The fourth-order valence-electron chi connectivity index (χ4n) is 3.32. The molecule has 1 aliphatic rings. The number of hydrogen-bond donors (Lipinski definition) is 1. The SMILES string of the molecule is COC(=O)c1c(C=C2CCC(C)CC2)cc(OC)c(CC=C(C)C)c1O. The van der Waals surface area contributed by atoms with Crippen molar-refractivity contribution in [1.82, 2.24) is 0 Å². The number of carbonyl (C=O) groups is 1. The number of carbonyl (C=O) groups excluding carboxylic acids is 1. The van der Waals surface area contributed by atoms with Gasteiger partial charge in [0.05, 0.1) is 14.2 Å². The molecule has 0 bridgehead atoms. The third-order valence-corrected chi connectivity index (χ3v) is 5.00. The van der Waals surface area contributed by atoms with Crippen LogP contribution in [0.5, 0.6) is 11.5 Å². The Morgan fingerprint density at radius 2 is 1.92 bits per heavy atom. The zero-order valence-electron chi connectivity index (χ0n) is 16.5. The van der Waals surface area contributed by atoms with Gasteiger partial charge in [-0.2, -0.15) is 0 Å². The number of hydrogen-bond acceptors (Lipinski definition) is 4. The molecule has 0 radical (unpaired) electrons. The van der Waals surface area contributed by atoms with Gasteiger partial charge in [-0.15, -0.1) is 0 Å². The molecule has 4 nitrogen and oxygen atoms in total. The highest BCUT2D eigenvalue weighted by atomic mass is 16.5. The van der Waals surface area contributed by atoms with Crippen molar-refractivity contribution in [2.75, 3.05) is 14.2 Å². The van der Waals surface area contributed by atoms with Gasteiger partial charge in [0.1, 0.15) is 17.1 Å². The molecule has 4 heteroatoms. The molecular formula is C22H30O4. The van der Waals surface area contributed by atoms with Crippen molar-refractivity contribution in [2.24, 2.45) is 5.92 Å². The molecule has 0 unspecified atom stereocenters. The van der Waals surface area contributed by atoms with Gasteiger partial charge in [0.2, 0.25) is 0 Å². The summed E-state index contributed by atoms with van der Waals surface area (Å²) < 4.78 is 10.4. The first-order chi connectivity index (χ1) is 12.4. The van der Waals surface area contributed by atoms with Crippen molar-refractivity contribution in [3.63, 3.8) is 0 Å². The Balaban J connectivity index is 2.56. The quantitative estimate of drug-likeness (QED) is 0.574. The monoisotopic (exact) mass is 358 g/mol. The average molecular weight is 358 g/mol. The predicted octanol–water partition coefficient (Wildman–Crippen LogP) is 5.29. The zero-order chi connectivity index (χ0) is 19.3. The second-order valence-electron chi connectivity index (χ2n) is 7.33. The van der Waals surface area contributed by atoms with Crippen LogP contribution in [-0.4, -0.2) is 25.3 Å². The number of methoxy groups -OCH3 is 2. The summed E-state index contributed by atoms with van der Waals surface area (Å²) in [4.78, 5) is 12.4.